The first-order chi connectivity index (χ1) is 18.3. The lowest BCUT2D eigenvalue weighted by atomic mass is 9.85. The number of alkyl halides is 1. The highest BCUT2D eigenvalue weighted by molar-refractivity contribution is 6.32. The number of hydrogen-bond donors (Lipinski definition) is 1. The summed E-state index contributed by atoms with van der Waals surface area (Å²) in [7, 11) is 1.90. The Bertz CT molecular complexity index is 1360. The molecule has 2 aromatic heterocycles. The van der Waals surface area contributed by atoms with Crippen LogP contribution in [-0.2, 0) is 16.6 Å². The maximum atomic E-state index is 14.5. The molecule has 7 nitrogen and oxygen atoms in total. The Balaban J connectivity index is 1.16. The van der Waals surface area contributed by atoms with Crippen LogP contribution in [-0.4, -0.2) is 63.6 Å². The van der Waals surface area contributed by atoms with Gasteiger partial charge in [0.2, 0.25) is 5.91 Å². The highest BCUT2D eigenvalue weighted by atomic mass is 35.5. The second kappa shape index (κ2) is 9.88. The third kappa shape index (κ3) is 4.50. The van der Waals surface area contributed by atoms with E-state index < -0.39 is 11.7 Å². The van der Waals surface area contributed by atoms with Crippen LogP contribution in [0, 0.1) is 11.8 Å². The van der Waals surface area contributed by atoms with Crippen LogP contribution in [0.1, 0.15) is 56.2 Å². The van der Waals surface area contributed by atoms with E-state index >= 15 is 0 Å². The molecule has 0 bridgehead atoms. The van der Waals surface area contributed by atoms with Gasteiger partial charge in [-0.15, -0.1) is 0 Å². The SMILES string of the molecule is CCC1C(C(=O)Nc2cc3cc(C4CCN([C@]5(C)COC[C@@H]5F)CC4)c(Cl)cc3cn2)C1c1ccn(C)n1. The van der Waals surface area contributed by atoms with Crippen molar-refractivity contribution >= 4 is 34.1 Å². The maximum Gasteiger partial charge on any atom is 0.229 e. The van der Waals surface area contributed by atoms with E-state index in [0.29, 0.717) is 24.3 Å². The first-order valence-electron chi connectivity index (χ1n) is 13.6. The average molecular weight is 540 g/mol. The number of nitrogens with zero attached hydrogens (tertiary/aromatic N) is 4. The van der Waals surface area contributed by atoms with Gasteiger partial charge in [-0.2, -0.15) is 5.10 Å². The van der Waals surface area contributed by atoms with Crippen LogP contribution in [0.4, 0.5) is 10.2 Å². The molecule has 1 N–H and O–H groups in total. The Labute approximate surface area is 227 Å². The van der Waals surface area contributed by atoms with Crippen molar-refractivity contribution in [2.75, 3.05) is 31.6 Å². The number of rotatable bonds is 6. The fourth-order valence-corrected chi connectivity index (χ4v) is 6.98. The molecule has 3 aliphatic rings. The second-order valence-electron chi connectivity index (χ2n) is 11.4. The van der Waals surface area contributed by atoms with Crippen LogP contribution < -0.4 is 5.32 Å². The Morgan fingerprint density at radius 2 is 2.05 bits per heavy atom. The Kier molecular flexibility index (Phi) is 6.69. The quantitative estimate of drug-likeness (QED) is 0.460. The Morgan fingerprint density at radius 3 is 2.71 bits per heavy atom. The van der Waals surface area contributed by atoms with E-state index in [1.54, 1.807) is 10.9 Å². The number of aryl methyl sites for hydroxylation is 1. The number of ether oxygens (including phenoxy) is 1. The molecule has 0 radical (unpaired) electrons. The summed E-state index contributed by atoms with van der Waals surface area (Å²) in [5, 5.41) is 10.3. The molecular formula is C29H35ClFN5O2. The lowest BCUT2D eigenvalue weighted by Gasteiger charge is -2.43. The summed E-state index contributed by atoms with van der Waals surface area (Å²) < 4.78 is 21.7. The predicted molar refractivity (Wildman–Crippen MR) is 146 cm³/mol. The number of halogens is 2. The molecule has 0 spiro atoms. The normalized spacial score (nSPS) is 30.1. The standard InChI is InChI=1S/C29H35ClFN5O2/c1-4-20-26(23-7-8-35(3)34-23)27(20)28(37)33-25-13-18-11-21(22(30)12-19(18)14-32-25)17-5-9-36(10-6-17)29(2)16-38-15-24(29)31/h7-8,11-14,17,20,24,26-27H,4-6,9-10,15-16H2,1-3H3,(H,32,33,37)/t20?,24-,26?,27?,29+/m0/s1. The zero-order valence-electron chi connectivity index (χ0n) is 22.2. The van der Waals surface area contributed by atoms with E-state index in [2.05, 4.69) is 33.3 Å². The molecule has 202 valence electrons. The molecule has 3 aromatic rings. The van der Waals surface area contributed by atoms with Crippen LogP contribution >= 0.6 is 11.6 Å². The molecule has 1 aromatic carbocycles. The number of aromatic nitrogens is 3. The first-order valence-corrected chi connectivity index (χ1v) is 14.0. The van der Waals surface area contributed by atoms with E-state index in [9.17, 15) is 9.18 Å². The van der Waals surface area contributed by atoms with Crippen molar-refractivity contribution in [2.45, 2.75) is 56.7 Å². The van der Waals surface area contributed by atoms with Gasteiger partial charge in [0.1, 0.15) is 12.0 Å². The van der Waals surface area contributed by atoms with Gasteiger partial charge in [-0.25, -0.2) is 9.37 Å². The minimum atomic E-state index is -0.952. The third-order valence-electron chi connectivity index (χ3n) is 9.10. The number of piperidine rings is 1. The van der Waals surface area contributed by atoms with Crippen LogP contribution in [0.5, 0.6) is 0 Å². The second-order valence-corrected chi connectivity index (χ2v) is 11.8. The summed E-state index contributed by atoms with van der Waals surface area (Å²) in [5.74, 6) is 1.21. The van der Waals surface area contributed by atoms with Crippen molar-refractivity contribution in [3.05, 3.63) is 52.9 Å². The van der Waals surface area contributed by atoms with E-state index in [1.807, 2.05) is 38.4 Å². The minimum Gasteiger partial charge on any atom is -0.376 e. The van der Waals surface area contributed by atoms with Crippen molar-refractivity contribution in [3.8, 4) is 0 Å². The average Bonchev–Trinajstić information content (AvgIpc) is 3.33. The molecule has 2 aliphatic heterocycles. The fraction of sp³-hybridized carbons (Fsp3) is 0.552. The minimum absolute atomic E-state index is 0.00327. The molecule has 4 heterocycles. The maximum absolute atomic E-state index is 14.5. The predicted octanol–water partition coefficient (Wildman–Crippen LogP) is 5.31. The van der Waals surface area contributed by atoms with E-state index in [0.717, 1.165) is 59.4 Å². The van der Waals surface area contributed by atoms with E-state index in [4.69, 9.17) is 16.3 Å². The van der Waals surface area contributed by atoms with Crippen molar-refractivity contribution in [2.24, 2.45) is 18.9 Å². The molecule has 9 heteroatoms. The molecule has 1 amide bonds. The lowest BCUT2D eigenvalue weighted by molar-refractivity contribution is -0.117. The summed E-state index contributed by atoms with van der Waals surface area (Å²) in [5.41, 5.74) is 1.55. The topological polar surface area (TPSA) is 72.3 Å². The van der Waals surface area contributed by atoms with Gasteiger partial charge >= 0.3 is 0 Å². The van der Waals surface area contributed by atoms with Gasteiger partial charge < -0.3 is 10.1 Å². The molecule has 6 rings (SSSR count). The Morgan fingerprint density at radius 1 is 1.26 bits per heavy atom. The van der Waals surface area contributed by atoms with Gasteiger partial charge in [-0.1, -0.05) is 24.9 Å². The number of likely N-dealkylation sites (tertiary alicyclic amines) is 1. The van der Waals surface area contributed by atoms with Gasteiger partial charge in [0, 0.05) is 35.8 Å². The van der Waals surface area contributed by atoms with Crippen LogP contribution in [0.15, 0.2) is 36.7 Å². The summed E-state index contributed by atoms with van der Waals surface area (Å²) >= 11 is 6.73. The highest BCUT2D eigenvalue weighted by Crippen LogP contribution is 2.55. The number of amides is 1. The van der Waals surface area contributed by atoms with Gasteiger partial charge in [0.05, 0.1) is 30.4 Å². The van der Waals surface area contributed by atoms with Gasteiger partial charge in [0.25, 0.3) is 0 Å². The lowest BCUT2D eigenvalue weighted by Crippen LogP contribution is -2.55. The smallest absolute Gasteiger partial charge is 0.229 e. The molecule has 3 fully saturated rings. The summed E-state index contributed by atoms with van der Waals surface area (Å²) in [6, 6.07) is 8.04. The van der Waals surface area contributed by atoms with Crippen LogP contribution in [0.3, 0.4) is 0 Å². The van der Waals surface area contributed by atoms with E-state index in [-0.39, 0.29) is 24.3 Å². The highest BCUT2D eigenvalue weighted by Gasteiger charge is 2.55. The fourth-order valence-electron chi connectivity index (χ4n) is 6.66. The van der Waals surface area contributed by atoms with Gasteiger partial charge in [0.15, 0.2) is 0 Å². The van der Waals surface area contributed by atoms with Gasteiger partial charge in [-0.05, 0) is 79.9 Å². The van der Waals surface area contributed by atoms with Crippen molar-refractivity contribution in [3.63, 3.8) is 0 Å². The number of fused-ring (bicyclic) bond motifs is 1. The molecule has 3 unspecified atom stereocenters. The van der Waals surface area contributed by atoms with Crippen molar-refractivity contribution in [1.82, 2.24) is 19.7 Å². The summed E-state index contributed by atoms with van der Waals surface area (Å²) in [6.45, 7) is 6.35. The van der Waals surface area contributed by atoms with Gasteiger partial charge in [-0.3, -0.25) is 14.4 Å². The molecule has 5 atom stereocenters. The first kappa shape index (κ1) is 25.7. The zero-order chi connectivity index (χ0) is 26.6. The van der Waals surface area contributed by atoms with E-state index in [1.165, 1.54) is 0 Å². The van der Waals surface area contributed by atoms with Crippen LogP contribution in [0.2, 0.25) is 5.02 Å². The van der Waals surface area contributed by atoms with Crippen molar-refractivity contribution < 1.29 is 13.9 Å². The Hall–Kier alpha value is -2.55. The molecule has 1 aliphatic carbocycles. The molecule has 1 saturated carbocycles. The monoisotopic (exact) mass is 539 g/mol. The molecular weight excluding hydrogens is 505 g/mol. The number of pyridine rings is 1. The number of benzene rings is 1. The third-order valence-corrected chi connectivity index (χ3v) is 9.42. The number of nitrogens with one attached hydrogen (secondary N) is 1. The molecule has 2 saturated heterocycles. The van der Waals surface area contributed by atoms with Crippen LogP contribution in [0.25, 0.3) is 10.8 Å². The number of carbonyl (C=O) groups is 1. The number of anilines is 1. The summed E-state index contributed by atoms with van der Waals surface area (Å²) in [4.78, 5) is 19.9. The van der Waals surface area contributed by atoms with Crippen molar-refractivity contribution in [1.29, 1.82) is 0 Å². The largest absolute Gasteiger partial charge is 0.376 e. The molecule has 38 heavy (non-hydrogen) atoms. The zero-order valence-corrected chi connectivity index (χ0v) is 22.9. The number of carbonyl (C=O) groups excluding carboxylic acids is 1. The number of hydrogen-bond acceptors (Lipinski definition) is 5. The summed E-state index contributed by atoms with van der Waals surface area (Å²) in [6.07, 6.45) is 5.50.